The van der Waals surface area contributed by atoms with Crippen LogP contribution in [-0.2, 0) is 9.53 Å². The van der Waals surface area contributed by atoms with Gasteiger partial charge in [-0.3, -0.25) is 4.79 Å². The third kappa shape index (κ3) is 1.23. The first-order valence-electron chi connectivity index (χ1n) is 4.73. The molecule has 1 unspecified atom stereocenters. The summed E-state index contributed by atoms with van der Waals surface area (Å²) in [6, 6.07) is 0. The van der Waals surface area contributed by atoms with E-state index in [-0.39, 0.29) is 11.6 Å². The van der Waals surface area contributed by atoms with Gasteiger partial charge in [0.25, 0.3) is 0 Å². The van der Waals surface area contributed by atoms with Crippen LogP contribution in [-0.4, -0.2) is 11.6 Å². The molecule has 2 aliphatic rings. The van der Waals surface area contributed by atoms with Crippen molar-refractivity contribution in [3.63, 3.8) is 0 Å². The molecule has 2 heteroatoms. The predicted molar refractivity (Wildman–Crippen MR) is 45.7 cm³/mol. The van der Waals surface area contributed by atoms with Crippen LogP contribution < -0.4 is 0 Å². The van der Waals surface area contributed by atoms with Crippen molar-refractivity contribution in [2.24, 2.45) is 5.41 Å². The summed E-state index contributed by atoms with van der Waals surface area (Å²) in [7, 11) is 0. The molecule has 1 spiro atoms. The van der Waals surface area contributed by atoms with E-state index in [1.165, 1.54) is 6.42 Å². The van der Waals surface area contributed by atoms with Crippen molar-refractivity contribution in [3.05, 3.63) is 0 Å². The number of esters is 1. The van der Waals surface area contributed by atoms with Gasteiger partial charge in [0, 0.05) is 6.42 Å². The van der Waals surface area contributed by atoms with E-state index in [9.17, 15) is 4.79 Å². The molecule has 12 heavy (non-hydrogen) atoms. The SMILES string of the molecule is CC1(C)CCC2(CCC(=O)O2)C1. The van der Waals surface area contributed by atoms with Gasteiger partial charge in [-0.1, -0.05) is 13.8 Å². The van der Waals surface area contributed by atoms with Crippen LogP contribution in [0.25, 0.3) is 0 Å². The lowest BCUT2D eigenvalue weighted by Crippen LogP contribution is -2.25. The van der Waals surface area contributed by atoms with Crippen molar-refractivity contribution in [3.8, 4) is 0 Å². The Labute approximate surface area is 73.3 Å². The Morgan fingerprint density at radius 1 is 1.25 bits per heavy atom. The standard InChI is InChI=1S/C10H16O2/c1-9(2)5-6-10(7-9)4-3-8(11)12-10/h3-7H2,1-2H3. The predicted octanol–water partition coefficient (Wildman–Crippen LogP) is 2.27. The van der Waals surface area contributed by atoms with Crippen molar-refractivity contribution >= 4 is 5.97 Å². The monoisotopic (exact) mass is 168 g/mol. The Hall–Kier alpha value is -0.530. The van der Waals surface area contributed by atoms with Crippen LogP contribution in [0.2, 0.25) is 0 Å². The lowest BCUT2D eigenvalue weighted by molar-refractivity contribution is -0.148. The molecule has 0 N–H and O–H groups in total. The van der Waals surface area contributed by atoms with Crippen molar-refractivity contribution in [1.82, 2.24) is 0 Å². The molecule has 2 fully saturated rings. The Morgan fingerprint density at radius 2 is 2.00 bits per heavy atom. The molecular formula is C10H16O2. The first-order chi connectivity index (χ1) is 5.52. The van der Waals surface area contributed by atoms with E-state index in [4.69, 9.17) is 4.74 Å². The number of hydrogen-bond donors (Lipinski definition) is 0. The van der Waals surface area contributed by atoms with Crippen molar-refractivity contribution in [2.75, 3.05) is 0 Å². The van der Waals surface area contributed by atoms with Crippen LogP contribution in [0.15, 0.2) is 0 Å². The molecular weight excluding hydrogens is 152 g/mol. The average Bonchev–Trinajstić information content (AvgIpc) is 2.41. The average molecular weight is 168 g/mol. The first-order valence-corrected chi connectivity index (χ1v) is 4.73. The van der Waals surface area contributed by atoms with Gasteiger partial charge in [0.05, 0.1) is 0 Å². The highest BCUT2D eigenvalue weighted by atomic mass is 16.6. The van der Waals surface area contributed by atoms with Gasteiger partial charge in [-0.25, -0.2) is 0 Å². The molecule has 0 aromatic rings. The van der Waals surface area contributed by atoms with Crippen molar-refractivity contribution in [1.29, 1.82) is 0 Å². The van der Waals surface area contributed by atoms with E-state index in [1.807, 2.05) is 0 Å². The Bertz CT molecular complexity index is 220. The molecule has 1 saturated carbocycles. The number of ether oxygens (including phenoxy) is 1. The Balaban J connectivity index is 2.11. The fourth-order valence-corrected chi connectivity index (χ4v) is 2.59. The maximum Gasteiger partial charge on any atom is 0.306 e. The maximum atomic E-state index is 11.0. The summed E-state index contributed by atoms with van der Waals surface area (Å²) >= 11 is 0. The van der Waals surface area contributed by atoms with E-state index in [2.05, 4.69) is 13.8 Å². The Morgan fingerprint density at radius 3 is 2.42 bits per heavy atom. The summed E-state index contributed by atoms with van der Waals surface area (Å²) in [5, 5.41) is 0. The summed E-state index contributed by atoms with van der Waals surface area (Å²) in [5.41, 5.74) is 0.325. The van der Waals surface area contributed by atoms with E-state index in [1.54, 1.807) is 0 Å². The second-order valence-corrected chi connectivity index (χ2v) is 5.00. The van der Waals surface area contributed by atoms with E-state index >= 15 is 0 Å². The maximum absolute atomic E-state index is 11.0. The number of rotatable bonds is 0. The van der Waals surface area contributed by atoms with Crippen LogP contribution in [0.5, 0.6) is 0 Å². The molecule has 0 amide bonds. The second kappa shape index (κ2) is 2.24. The minimum absolute atomic E-state index is 0.00713. The van der Waals surface area contributed by atoms with Crippen LogP contribution in [0, 0.1) is 5.41 Å². The topological polar surface area (TPSA) is 26.3 Å². The second-order valence-electron chi connectivity index (χ2n) is 5.00. The smallest absolute Gasteiger partial charge is 0.306 e. The third-order valence-electron chi connectivity index (χ3n) is 3.17. The summed E-state index contributed by atoms with van der Waals surface area (Å²) in [4.78, 5) is 11.0. The summed E-state index contributed by atoms with van der Waals surface area (Å²) < 4.78 is 5.41. The molecule has 0 radical (unpaired) electrons. The van der Waals surface area contributed by atoms with Gasteiger partial charge in [0.1, 0.15) is 5.60 Å². The Kier molecular flexibility index (Phi) is 1.51. The molecule has 0 bridgehead atoms. The van der Waals surface area contributed by atoms with Crippen LogP contribution in [0.4, 0.5) is 0 Å². The molecule has 2 rings (SSSR count). The zero-order chi connectivity index (χ0) is 8.82. The van der Waals surface area contributed by atoms with Crippen LogP contribution in [0.1, 0.15) is 46.0 Å². The van der Waals surface area contributed by atoms with E-state index in [0.29, 0.717) is 11.8 Å². The number of carbonyl (C=O) groups is 1. The zero-order valence-corrected chi connectivity index (χ0v) is 7.85. The fourth-order valence-electron chi connectivity index (χ4n) is 2.59. The molecule has 1 saturated heterocycles. The first kappa shape index (κ1) is 8.09. The summed E-state index contributed by atoms with van der Waals surface area (Å²) in [6.07, 6.45) is 4.92. The highest BCUT2D eigenvalue weighted by Gasteiger charge is 2.49. The van der Waals surface area contributed by atoms with Crippen LogP contribution in [0.3, 0.4) is 0 Å². The zero-order valence-electron chi connectivity index (χ0n) is 7.85. The minimum Gasteiger partial charge on any atom is -0.459 e. The van der Waals surface area contributed by atoms with Gasteiger partial charge in [-0.15, -0.1) is 0 Å². The normalized spacial score (nSPS) is 39.0. The third-order valence-corrected chi connectivity index (χ3v) is 3.17. The van der Waals surface area contributed by atoms with Crippen molar-refractivity contribution in [2.45, 2.75) is 51.6 Å². The number of carbonyl (C=O) groups excluding carboxylic acids is 1. The van der Waals surface area contributed by atoms with E-state index < -0.39 is 0 Å². The van der Waals surface area contributed by atoms with Gasteiger partial charge >= 0.3 is 5.97 Å². The molecule has 1 atom stereocenters. The minimum atomic E-state index is -0.0550. The van der Waals surface area contributed by atoms with Gasteiger partial charge in [-0.05, 0) is 31.1 Å². The largest absolute Gasteiger partial charge is 0.459 e. The van der Waals surface area contributed by atoms with Gasteiger partial charge < -0.3 is 4.74 Å². The van der Waals surface area contributed by atoms with Crippen molar-refractivity contribution < 1.29 is 9.53 Å². The highest BCUT2D eigenvalue weighted by Crippen LogP contribution is 2.50. The molecule has 2 nitrogen and oxygen atoms in total. The van der Waals surface area contributed by atoms with Gasteiger partial charge in [0.15, 0.2) is 0 Å². The molecule has 1 heterocycles. The molecule has 0 aromatic heterocycles. The molecule has 0 aromatic carbocycles. The molecule has 1 aliphatic heterocycles. The van der Waals surface area contributed by atoms with Crippen LogP contribution >= 0.6 is 0 Å². The number of hydrogen-bond acceptors (Lipinski definition) is 2. The van der Waals surface area contributed by atoms with E-state index in [0.717, 1.165) is 19.3 Å². The lowest BCUT2D eigenvalue weighted by Gasteiger charge is -2.24. The lowest BCUT2D eigenvalue weighted by atomic mass is 9.88. The van der Waals surface area contributed by atoms with Gasteiger partial charge in [0.2, 0.25) is 0 Å². The summed E-state index contributed by atoms with van der Waals surface area (Å²) in [6.45, 7) is 4.52. The highest BCUT2D eigenvalue weighted by molar-refractivity contribution is 5.72. The van der Waals surface area contributed by atoms with Gasteiger partial charge in [-0.2, -0.15) is 0 Å². The summed E-state index contributed by atoms with van der Waals surface area (Å²) in [5.74, 6) is 0.00713. The molecule has 1 aliphatic carbocycles. The molecule has 68 valence electrons. The fraction of sp³-hybridized carbons (Fsp3) is 0.900. The quantitative estimate of drug-likeness (QED) is 0.519.